The Hall–Kier alpha value is -1.10. The average Bonchev–Trinajstić information content (AvgIpc) is 2.25. The maximum atomic E-state index is 11.5. The van der Waals surface area contributed by atoms with Gasteiger partial charge in [0.25, 0.3) is 0 Å². The Morgan fingerprint density at radius 1 is 1.31 bits per heavy atom. The van der Waals surface area contributed by atoms with E-state index in [1.165, 1.54) is 6.42 Å². The van der Waals surface area contributed by atoms with Gasteiger partial charge in [-0.25, -0.2) is 0 Å². The van der Waals surface area contributed by atoms with Crippen LogP contribution >= 0.6 is 0 Å². The molecule has 16 heavy (non-hydrogen) atoms. The van der Waals surface area contributed by atoms with Crippen LogP contribution in [0.3, 0.4) is 0 Å². The summed E-state index contributed by atoms with van der Waals surface area (Å²) in [6, 6.07) is 0.153. The summed E-state index contributed by atoms with van der Waals surface area (Å²) in [5, 5.41) is 5.22. The second-order valence-electron chi connectivity index (χ2n) is 4.49. The highest BCUT2D eigenvalue weighted by Gasteiger charge is 2.22. The summed E-state index contributed by atoms with van der Waals surface area (Å²) in [5.74, 6) is -0.484. The fourth-order valence-electron chi connectivity index (χ4n) is 2.08. The molecule has 2 atom stereocenters. The van der Waals surface area contributed by atoms with Crippen LogP contribution in [0.4, 0.5) is 0 Å². The Morgan fingerprint density at radius 2 is 2.06 bits per heavy atom. The van der Waals surface area contributed by atoms with E-state index >= 15 is 0 Å². The van der Waals surface area contributed by atoms with E-state index in [1.807, 2.05) is 0 Å². The van der Waals surface area contributed by atoms with Crippen LogP contribution in [0.2, 0.25) is 0 Å². The normalized spacial score (nSPS) is 24.9. The molecule has 1 saturated carbocycles. The third kappa shape index (κ3) is 4.18. The van der Waals surface area contributed by atoms with Gasteiger partial charge in [-0.1, -0.05) is 19.8 Å². The summed E-state index contributed by atoms with van der Waals surface area (Å²) in [6.45, 7) is 2.86. The Balaban J connectivity index is 2.29. The van der Waals surface area contributed by atoms with Crippen molar-refractivity contribution >= 4 is 11.8 Å². The predicted molar refractivity (Wildman–Crippen MR) is 61.6 cm³/mol. The standard InChI is InChI=1S/C11H21N3O2/c1-8-3-2-4-9(7-8)14-11(16)10(15)13-6-5-12/h8-9H,2-7,12H2,1H3,(H,13,15)(H,14,16). The lowest BCUT2D eigenvalue weighted by molar-refractivity contribution is -0.139. The molecule has 5 heteroatoms. The predicted octanol–water partition coefficient (Wildman–Crippen LogP) is -0.244. The number of hydrogen-bond acceptors (Lipinski definition) is 3. The smallest absolute Gasteiger partial charge is 0.309 e. The van der Waals surface area contributed by atoms with Crippen LogP contribution in [-0.4, -0.2) is 30.9 Å². The highest BCUT2D eigenvalue weighted by molar-refractivity contribution is 6.35. The van der Waals surface area contributed by atoms with Gasteiger partial charge in [0.05, 0.1) is 0 Å². The summed E-state index contributed by atoms with van der Waals surface area (Å²) >= 11 is 0. The van der Waals surface area contributed by atoms with Gasteiger partial charge in [0.2, 0.25) is 0 Å². The van der Waals surface area contributed by atoms with Gasteiger partial charge in [0.15, 0.2) is 0 Å². The number of nitrogens with one attached hydrogen (secondary N) is 2. The van der Waals surface area contributed by atoms with Crippen LogP contribution in [0.25, 0.3) is 0 Å². The Kier molecular flexibility index (Phi) is 5.25. The van der Waals surface area contributed by atoms with Crippen molar-refractivity contribution in [2.45, 2.75) is 38.6 Å². The van der Waals surface area contributed by atoms with E-state index in [2.05, 4.69) is 17.6 Å². The lowest BCUT2D eigenvalue weighted by Gasteiger charge is -2.27. The van der Waals surface area contributed by atoms with E-state index in [-0.39, 0.29) is 6.04 Å². The minimum atomic E-state index is -0.580. The topological polar surface area (TPSA) is 84.2 Å². The van der Waals surface area contributed by atoms with Crippen molar-refractivity contribution in [2.75, 3.05) is 13.1 Å². The quantitative estimate of drug-likeness (QED) is 0.582. The van der Waals surface area contributed by atoms with Crippen LogP contribution in [0.1, 0.15) is 32.6 Å². The first-order chi connectivity index (χ1) is 7.63. The molecule has 0 bridgehead atoms. The number of hydrogen-bond donors (Lipinski definition) is 3. The van der Waals surface area contributed by atoms with Crippen LogP contribution < -0.4 is 16.4 Å². The Labute approximate surface area is 96.1 Å². The first-order valence-corrected chi connectivity index (χ1v) is 5.92. The fourth-order valence-corrected chi connectivity index (χ4v) is 2.08. The zero-order valence-corrected chi connectivity index (χ0v) is 9.79. The molecule has 0 heterocycles. The maximum absolute atomic E-state index is 11.5. The Bertz CT molecular complexity index is 256. The summed E-state index contributed by atoms with van der Waals surface area (Å²) in [4.78, 5) is 22.7. The molecular formula is C11H21N3O2. The lowest BCUT2D eigenvalue weighted by atomic mass is 9.87. The maximum Gasteiger partial charge on any atom is 0.309 e. The highest BCUT2D eigenvalue weighted by atomic mass is 16.2. The largest absolute Gasteiger partial charge is 0.347 e. The summed E-state index contributed by atoms with van der Waals surface area (Å²) in [5.41, 5.74) is 5.23. The zero-order chi connectivity index (χ0) is 12.0. The average molecular weight is 227 g/mol. The van der Waals surface area contributed by atoms with Gasteiger partial charge in [-0.3, -0.25) is 9.59 Å². The minimum Gasteiger partial charge on any atom is -0.347 e. The minimum absolute atomic E-state index is 0.153. The molecule has 92 valence electrons. The molecule has 4 N–H and O–H groups in total. The first-order valence-electron chi connectivity index (χ1n) is 5.92. The van der Waals surface area contributed by atoms with Gasteiger partial charge in [-0.05, 0) is 18.8 Å². The molecule has 1 aliphatic rings. The van der Waals surface area contributed by atoms with Crippen molar-refractivity contribution in [3.05, 3.63) is 0 Å². The van der Waals surface area contributed by atoms with E-state index in [0.29, 0.717) is 19.0 Å². The van der Waals surface area contributed by atoms with Gasteiger partial charge in [0, 0.05) is 19.1 Å². The molecule has 0 saturated heterocycles. The molecular weight excluding hydrogens is 206 g/mol. The van der Waals surface area contributed by atoms with Crippen molar-refractivity contribution in [1.82, 2.24) is 10.6 Å². The van der Waals surface area contributed by atoms with E-state index in [9.17, 15) is 9.59 Å². The van der Waals surface area contributed by atoms with Crippen LogP contribution in [-0.2, 0) is 9.59 Å². The summed E-state index contributed by atoms with van der Waals surface area (Å²) < 4.78 is 0. The SMILES string of the molecule is CC1CCCC(NC(=O)C(=O)NCCN)C1. The second-order valence-corrected chi connectivity index (χ2v) is 4.49. The van der Waals surface area contributed by atoms with E-state index in [0.717, 1.165) is 19.3 Å². The molecule has 1 fully saturated rings. The summed E-state index contributed by atoms with van der Waals surface area (Å²) in [7, 11) is 0. The third-order valence-corrected chi connectivity index (χ3v) is 2.91. The third-order valence-electron chi connectivity index (χ3n) is 2.91. The molecule has 0 aromatic carbocycles. The van der Waals surface area contributed by atoms with Crippen molar-refractivity contribution in [2.24, 2.45) is 11.7 Å². The highest BCUT2D eigenvalue weighted by Crippen LogP contribution is 2.23. The van der Waals surface area contributed by atoms with Crippen molar-refractivity contribution in [1.29, 1.82) is 0 Å². The monoisotopic (exact) mass is 227 g/mol. The summed E-state index contributed by atoms with van der Waals surface area (Å²) in [6.07, 6.45) is 4.28. The molecule has 5 nitrogen and oxygen atoms in total. The molecule has 2 amide bonds. The van der Waals surface area contributed by atoms with E-state index < -0.39 is 11.8 Å². The van der Waals surface area contributed by atoms with E-state index in [4.69, 9.17) is 5.73 Å². The van der Waals surface area contributed by atoms with Gasteiger partial charge in [0.1, 0.15) is 0 Å². The molecule has 2 unspecified atom stereocenters. The van der Waals surface area contributed by atoms with E-state index in [1.54, 1.807) is 0 Å². The van der Waals surface area contributed by atoms with Crippen molar-refractivity contribution in [3.63, 3.8) is 0 Å². The van der Waals surface area contributed by atoms with Crippen molar-refractivity contribution < 1.29 is 9.59 Å². The Morgan fingerprint density at radius 3 is 2.69 bits per heavy atom. The number of amides is 2. The van der Waals surface area contributed by atoms with Gasteiger partial charge >= 0.3 is 11.8 Å². The zero-order valence-electron chi connectivity index (χ0n) is 9.79. The molecule has 1 rings (SSSR count). The molecule has 1 aliphatic carbocycles. The van der Waals surface area contributed by atoms with Crippen LogP contribution in [0.15, 0.2) is 0 Å². The molecule has 0 radical (unpaired) electrons. The molecule has 0 aromatic heterocycles. The van der Waals surface area contributed by atoms with Gasteiger partial charge in [-0.2, -0.15) is 0 Å². The fraction of sp³-hybridized carbons (Fsp3) is 0.818. The van der Waals surface area contributed by atoms with Gasteiger partial charge < -0.3 is 16.4 Å². The number of rotatable bonds is 3. The number of carbonyl (C=O) groups excluding carboxylic acids is 2. The van der Waals surface area contributed by atoms with Crippen molar-refractivity contribution in [3.8, 4) is 0 Å². The first kappa shape index (κ1) is 13.0. The molecule has 0 aromatic rings. The lowest BCUT2D eigenvalue weighted by Crippen LogP contribution is -2.46. The molecule has 0 spiro atoms. The van der Waals surface area contributed by atoms with Crippen LogP contribution in [0.5, 0.6) is 0 Å². The van der Waals surface area contributed by atoms with Crippen LogP contribution in [0, 0.1) is 5.92 Å². The second kappa shape index (κ2) is 6.48. The number of carbonyl (C=O) groups is 2. The number of nitrogens with two attached hydrogens (primary N) is 1. The van der Waals surface area contributed by atoms with Gasteiger partial charge in [-0.15, -0.1) is 0 Å². The molecule has 0 aliphatic heterocycles.